The van der Waals surface area contributed by atoms with Crippen molar-refractivity contribution in [3.63, 3.8) is 0 Å². The number of nitrogens with two attached hydrogens (primary N) is 1. The van der Waals surface area contributed by atoms with E-state index in [-0.39, 0.29) is 27.9 Å². The summed E-state index contributed by atoms with van der Waals surface area (Å²) in [5.74, 6) is -1.25. The van der Waals surface area contributed by atoms with Gasteiger partial charge in [0.05, 0.1) is 35.1 Å². The minimum Gasteiger partial charge on any atom is -0.465 e. The fraction of sp³-hybridized carbons (Fsp3) is 0.333. The number of ether oxygens (including phenoxy) is 2. The number of rotatable bonds is 3. The van der Waals surface area contributed by atoms with Crippen LogP contribution < -0.4 is 5.73 Å². The fourth-order valence-electron chi connectivity index (χ4n) is 1.38. The first-order valence-electron chi connectivity index (χ1n) is 5.36. The van der Waals surface area contributed by atoms with Crippen molar-refractivity contribution in [1.29, 1.82) is 0 Å². The molecule has 2 N–H and O–H groups in total. The third-order valence-corrected chi connectivity index (χ3v) is 3.24. The normalized spacial score (nSPS) is 10.4. The molecule has 0 aliphatic carbocycles. The minimum absolute atomic E-state index is 0.0258. The van der Waals surface area contributed by atoms with Crippen molar-refractivity contribution in [3.05, 3.63) is 26.7 Å². The van der Waals surface area contributed by atoms with Crippen LogP contribution in [-0.2, 0) is 9.47 Å². The molecule has 1 rings (SSSR count). The van der Waals surface area contributed by atoms with Gasteiger partial charge in [-0.1, -0.05) is 11.6 Å². The van der Waals surface area contributed by atoms with Crippen LogP contribution in [0.1, 0.15) is 34.6 Å². The van der Waals surface area contributed by atoms with Crippen LogP contribution in [-0.4, -0.2) is 25.2 Å². The zero-order valence-electron chi connectivity index (χ0n) is 10.6. The van der Waals surface area contributed by atoms with Crippen molar-refractivity contribution in [2.75, 3.05) is 12.8 Å². The smallest absolute Gasteiger partial charge is 0.341 e. The van der Waals surface area contributed by atoms with Crippen LogP contribution in [0.2, 0.25) is 5.02 Å². The van der Waals surface area contributed by atoms with Crippen LogP contribution in [0.5, 0.6) is 0 Å². The number of nitrogen functional groups attached to an aromatic ring is 1. The second-order valence-electron chi connectivity index (χ2n) is 3.95. The van der Waals surface area contributed by atoms with Gasteiger partial charge in [-0.2, -0.15) is 0 Å². The highest BCUT2D eigenvalue weighted by Crippen LogP contribution is 2.34. The van der Waals surface area contributed by atoms with E-state index in [2.05, 4.69) is 20.7 Å². The molecule has 19 heavy (non-hydrogen) atoms. The molecule has 0 saturated carbocycles. The first-order valence-corrected chi connectivity index (χ1v) is 6.53. The highest BCUT2D eigenvalue weighted by molar-refractivity contribution is 9.10. The molecule has 0 aliphatic rings. The third-order valence-electron chi connectivity index (χ3n) is 2.20. The van der Waals surface area contributed by atoms with Gasteiger partial charge in [-0.3, -0.25) is 0 Å². The Balaban J connectivity index is 3.34. The average molecular weight is 351 g/mol. The number of hydrogen-bond donors (Lipinski definition) is 1. The second-order valence-corrected chi connectivity index (χ2v) is 5.19. The summed E-state index contributed by atoms with van der Waals surface area (Å²) < 4.78 is 9.95. The Morgan fingerprint density at radius 3 is 2.42 bits per heavy atom. The Morgan fingerprint density at radius 2 is 1.95 bits per heavy atom. The van der Waals surface area contributed by atoms with Crippen LogP contribution in [0.3, 0.4) is 0 Å². The zero-order valence-corrected chi connectivity index (χ0v) is 13.0. The molecule has 7 heteroatoms. The van der Waals surface area contributed by atoms with Crippen LogP contribution >= 0.6 is 27.5 Å². The predicted molar refractivity (Wildman–Crippen MR) is 75.5 cm³/mol. The molecule has 0 radical (unpaired) electrons. The van der Waals surface area contributed by atoms with Gasteiger partial charge in [0.2, 0.25) is 0 Å². The summed E-state index contributed by atoms with van der Waals surface area (Å²) in [4.78, 5) is 23.4. The van der Waals surface area contributed by atoms with Crippen molar-refractivity contribution in [1.82, 2.24) is 0 Å². The summed E-state index contributed by atoms with van der Waals surface area (Å²) in [6.45, 7) is 3.43. The van der Waals surface area contributed by atoms with Gasteiger partial charge >= 0.3 is 11.9 Å². The van der Waals surface area contributed by atoms with Crippen molar-refractivity contribution in [2.24, 2.45) is 0 Å². The maximum Gasteiger partial charge on any atom is 0.341 e. The van der Waals surface area contributed by atoms with E-state index in [0.29, 0.717) is 4.47 Å². The predicted octanol–water partition coefficient (Wildman–Crippen LogP) is 3.04. The summed E-state index contributed by atoms with van der Waals surface area (Å²) in [6.07, 6.45) is -0.294. The number of carbonyl (C=O) groups excluding carboxylic acids is 2. The van der Waals surface area contributed by atoms with E-state index in [0.717, 1.165) is 0 Å². The lowest BCUT2D eigenvalue weighted by atomic mass is 10.1. The fourth-order valence-corrected chi connectivity index (χ4v) is 2.22. The van der Waals surface area contributed by atoms with Gasteiger partial charge in [0.15, 0.2) is 0 Å². The molecule has 0 aromatic heterocycles. The Morgan fingerprint density at radius 1 is 1.37 bits per heavy atom. The van der Waals surface area contributed by atoms with E-state index >= 15 is 0 Å². The minimum atomic E-state index is -0.638. The first-order chi connectivity index (χ1) is 8.79. The zero-order chi connectivity index (χ0) is 14.7. The summed E-state index contributed by atoms with van der Waals surface area (Å²) in [6, 6.07) is 1.38. The molecule has 0 fully saturated rings. The van der Waals surface area contributed by atoms with E-state index in [4.69, 9.17) is 22.1 Å². The molecule has 1 aromatic rings. The van der Waals surface area contributed by atoms with Crippen LogP contribution in [0, 0.1) is 0 Å². The lowest BCUT2D eigenvalue weighted by Gasteiger charge is -2.14. The second kappa shape index (κ2) is 6.25. The molecule has 0 bridgehead atoms. The lowest BCUT2D eigenvalue weighted by molar-refractivity contribution is 0.0377. The molecule has 5 nitrogen and oxygen atoms in total. The maximum absolute atomic E-state index is 11.9. The number of esters is 2. The van der Waals surface area contributed by atoms with Crippen LogP contribution in [0.15, 0.2) is 10.5 Å². The standard InChI is InChI=1S/C12H13BrClNO4/c1-5(2)19-12(17)8-7(13)4-6(11(16)18-3)9(14)10(8)15/h4-5H,15H2,1-3H3. The van der Waals surface area contributed by atoms with E-state index in [1.807, 2.05) is 0 Å². The number of halogens is 2. The topological polar surface area (TPSA) is 78.6 Å². The van der Waals surface area contributed by atoms with Crippen molar-refractivity contribution in [3.8, 4) is 0 Å². The number of anilines is 1. The Hall–Kier alpha value is -1.27. The van der Waals surface area contributed by atoms with Gasteiger partial charge in [-0.25, -0.2) is 9.59 Å². The molecule has 0 atom stereocenters. The summed E-state index contributed by atoms with van der Waals surface area (Å²) in [5, 5.41) is -0.0363. The molecule has 0 unspecified atom stereocenters. The Labute approximate surface area is 124 Å². The van der Waals surface area contributed by atoms with Gasteiger partial charge in [0.25, 0.3) is 0 Å². The third kappa shape index (κ3) is 3.39. The quantitative estimate of drug-likeness (QED) is 0.669. The Kier molecular flexibility index (Phi) is 5.20. The van der Waals surface area contributed by atoms with Crippen molar-refractivity contribution >= 4 is 45.2 Å². The summed E-state index contributed by atoms with van der Waals surface area (Å²) in [5.41, 5.74) is 5.92. The number of methoxy groups -OCH3 is 1. The first kappa shape index (κ1) is 15.8. The lowest BCUT2D eigenvalue weighted by Crippen LogP contribution is -2.16. The van der Waals surface area contributed by atoms with Gasteiger partial charge in [0, 0.05) is 4.47 Å². The number of carbonyl (C=O) groups is 2. The van der Waals surface area contributed by atoms with E-state index in [1.165, 1.54) is 13.2 Å². The van der Waals surface area contributed by atoms with Gasteiger partial charge < -0.3 is 15.2 Å². The molecular formula is C12H13BrClNO4. The molecule has 0 spiro atoms. The van der Waals surface area contributed by atoms with Crippen molar-refractivity contribution < 1.29 is 19.1 Å². The molecule has 0 amide bonds. The molecule has 0 aliphatic heterocycles. The largest absolute Gasteiger partial charge is 0.465 e. The average Bonchev–Trinajstić information content (AvgIpc) is 2.32. The van der Waals surface area contributed by atoms with Gasteiger partial charge in [-0.15, -0.1) is 0 Å². The molecule has 1 aromatic carbocycles. The Bertz CT molecular complexity index is 531. The van der Waals surface area contributed by atoms with Gasteiger partial charge in [-0.05, 0) is 35.8 Å². The molecular weight excluding hydrogens is 337 g/mol. The van der Waals surface area contributed by atoms with Crippen molar-refractivity contribution in [2.45, 2.75) is 20.0 Å². The number of benzene rings is 1. The highest BCUT2D eigenvalue weighted by atomic mass is 79.9. The highest BCUT2D eigenvalue weighted by Gasteiger charge is 2.24. The van der Waals surface area contributed by atoms with Gasteiger partial charge in [0.1, 0.15) is 0 Å². The molecule has 0 saturated heterocycles. The van der Waals surface area contributed by atoms with Crippen LogP contribution in [0.4, 0.5) is 5.69 Å². The summed E-state index contributed by atoms with van der Waals surface area (Å²) >= 11 is 9.14. The van der Waals surface area contributed by atoms with E-state index in [1.54, 1.807) is 13.8 Å². The van der Waals surface area contributed by atoms with E-state index < -0.39 is 11.9 Å². The van der Waals surface area contributed by atoms with E-state index in [9.17, 15) is 9.59 Å². The SMILES string of the molecule is COC(=O)c1cc(Br)c(C(=O)OC(C)C)c(N)c1Cl. The maximum atomic E-state index is 11.9. The monoisotopic (exact) mass is 349 g/mol. The summed E-state index contributed by atoms with van der Waals surface area (Å²) in [7, 11) is 1.23. The van der Waals surface area contributed by atoms with Crippen LogP contribution in [0.25, 0.3) is 0 Å². The molecule has 104 valence electrons. The number of hydrogen-bond acceptors (Lipinski definition) is 5. The molecule has 0 heterocycles.